The zero-order chi connectivity index (χ0) is 15.3. The molecular weight excluding hydrogens is 260 g/mol. The zero-order valence-corrected chi connectivity index (χ0v) is 14.0. The monoisotopic (exact) mass is 292 g/mol. The van der Waals surface area contributed by atoms with Gasteiger partial charge in [0.15, 0.2) is 0 Å². The van der Waals surface area contributed by atoms with Gasteiger partial charge < -0.3 is 10.6 Å². The number of aromatic nitrogens is 2. The molecule has 4 nitrogen and oxygen atoms in total. The van der Waals surface area contributed by atoms with E-state index < -0.39 is 0 Å². The summed E-state index contributed by atoms with van der Waals surface area (Å²) in [6.07, 6.45) is 11.7. The molecule has 0 bridgehead atoms. The molecule has 21 heavy (non-hydrogen) atoms. The highest BCUT2D eigenvalue weighted by molar-refractivity contribution is 5.57. The molecule has 1 aromatic heterocycles. The summed E-state index contributed by atoms with van der Waals surface area (Å²) in [5.74, 6) is 2.00. The first-order valence-corrected chi connectivity index (χ1v) is 8.65. The standard InChI is InChI=1S/C17H32N4/c1-4-7-8-9-10-11-13-19-17-15(12-5-2)16(18-6-3)20-14-21-17/h14H,4-13H2,1-3H3,(H2,18,19,20,21). The molecule has 2 N–H and O–H groups in total. The highest BCUT2D eigenvalue weighted by Gasteiger charge is 2.09. The lowest BCUT2D eigenvalue weighted by atomic mass is 10.1. The average Bonchev–Trinajstić information content (AvgIpc) is 2.49. The van der Waals surface area contributed by atoms with E-state index in [1.807, 2.05) is 0 Å². The van der Waals surface area contributed by atoms with Crippen LogP contribution in [0.2, 0.25) is 0 Å². The van der Waals surface area contributed by atoms with Crippen LogP contribution in [0.15, 0.2) is 6.33 Å². The SMILES string of the molecule is CCCCCCCCNc1ncnc(NCC)c1CCC. The number of hydrogen-bond acceptors (Lipinski definition) is 4. The minimum absolute atomic E-state index is 0.893. The molecular formula is C17H32N4. The van der Waals surface area contributed by atoms with Crippen LogP contribution in [-0.2, 0) is 6.42 Å². The maximum absolute atomic E-state index is 4.43. The van der Waals surface area contributed by atoms with Crippen molar-refractivity contribution in [3.05, 3.63) is 11.9 Å². The lowest BCUT2D eigenvalue weighted by molar-refractivity contribution is 0.616. The number of hydrogen-bond donors (Lipinski definition) is 2. The summed E-state index contributed by atoms with van der Waals surface area (Å²) in [6.45, 7) is 8.45. The fourth-order valence-electron chi connectivity index (χ4n) is 2.48. The van der Waals surface area contributed by atoms with Gasteiger partial charge in [0.05, 0.1) is 0 Å². The summed E-state index contributed by atoms with van der Waals surface area (Å²) in [5, 5.41) is 6.83. The summed E-state index contributed by atoms with van der Waals surface area (Å²) in [4.78, 5) is 8.79. The predicted octanol–water partition coefficient (Wildman–Crippen LogP) is 4.63. The third kappa shape index (κ3) is 6.78. The molecule has 0 atom stereocenters. The first-order chi connectivity index (χ1) is 10.3. The van der Waals surface area contributed by atoms with Crippen LogP contribution in [0.3, 0.4) is 0 Å². The molecule has 1 aromatic rings. The summed E-state index contributed by atoms with van der Waals surface area (Å²) in [7, 11) is 0. The Kier molecular flexibility index (Phi) is 9.58. The van der Waals surface area contributed by atoms with E-state index in [0.29, 0.717) is 0 Å². The Morgan fingerprint density at radius 2 is 1.48 bits per heavy atom. The Balaban J connectivity index is 2.44. The number of nitrogens with zero attached hydrogens (tertiary/aromatic N) is 2. The Morgan fingerprint density at radius 3 is 2.14 bits per heavy atom. The summed E-state index contributed by atoms with van der Waals surface area (Å²) >= 11 is 0. The van der Waals surface area contributed by atoms with E-state index in [0.717, 1.165) is 37.6 Å². The summed E-state index contributed by atoms with van der Waals surface area (Å²) in [5.41, 5.74) is 1.23. The van der Waals surface area contributed by atoms with Crippen LogP contribution < -0.4 is 10.6 Å². The Morgan fingerprint density at radius 1 is 0.810 bits per heavy atom. The zero-order valence-electron chi connectivity index (χ0n) is 14.0. The highest BCUT2D eigenvalue weighted by Crippen LogP contribution is 2.21. The molecule has 1 rings (SSSR count). The third-order valence-electron chi connectivity index (χ3n) is 3.61. The molecule has 0 aromatic carbocycles. The van der Waals surface area contributed by atoms with Gasteiger partial charge in [0.2, 0.25) is 0 Å². The van der Waals surface area contributed by atoms with Gasteiger partial charge in [0, 0.05) is 18.7 Å². The minimum atomic E-state index is 0.893. The van der Waals surface area contributed by atoms with Crippen molar-refractivity contribution in [3.8, 4) is 0 Å². The molecule has 0 radical (unpaired) electrons. The Labute approximate surface area is 130 Å². The Hall–Kier alpha value is -1.32. The highest BCUT2D eigenvalue weighted by atomic mass is 15.1. The van der Waals surface area contributed by atoms with Gasteiger partial charge >= 0.3 is 0 Å². The molecule has 0 saturated heterocycles. The van der Waals surface area contributed by atoms with Gasteiger partial charge in [-0.15, -0.1) is 0 Å². The minimum Gasteiger partial charge on any atom is -0.370 e. The van der Waals surface area contributed by atoms with Crippen molar-refractivity contribution in [2.75, 3.05) is 23.7 Å². The average molecular weight is 292 g/mol. The van der Waals surface area contributed by atoms with E-state index in [1.54, 1.807) is 6.33 Å². The summed E-state index contributed by atoms with van der Waals surface area (Å²) < 4.78 is 0. The van der Waals surface area contributed by atoms with Crippen LogP contribution in [0.25, 0.3) is 0 Å². The molecule has 120 valence electrons. The lowest BCUT2D eigenvalue weighted by Gasteiger charge is -2.14. The number of unbranched alkanes of at least 4 members (excludes halogenated alkanes) is 5. The van der Waals surface area contributed by atoms with Crippen LogP contribution in [-0.4, -0.2) is 23.1 Å². The molecule has 0 saturated carbocycles. The van der Waals surface area contributed by atoms with Gasteiger partial charge in [0.25, 0.3) is 0 Å². The molecule has 0 aliphatic carbocycles. The molecule has 1 heterocycles. The second kappa shape index (κ2) is 11.4. The second-order valence-electron chi connectivity index (χ2n) is 5.52. The third-order valence-corrected chi connectivity index (χ3v) is 3.61. The fraction of sp³-hybridized carbons (Fsp3) is 0.765. The molecule has 0 aliphatic heterocycles. The van der Waals surface area contributed by atoms with E-state index in [4.69, 9.17) is 0 Å². The number of nitrogens with one attached hydrogen (secondary N) is 2. The van der Waals surface area contributed by atoms with Crippen molar-refractivity contribution in [1.29, 1.82) is 0 Å². The molecule has 0 amide bonds. The number of anilines is 2. The van der Waals surface area contributed by atoms with E-state index in [-0.39, 0.29) is 0 Å². The van der Waals surface area contributed by atoms with Crippen LogP contribution in [0.1, 0.15) is 71.3 Å². The summed E-state index contributed by atoms with van der Waals surface area (Å²) in [6, 6.07) is 0. The van der Waals surface area contributed by atoms with Gasteiger partial charge in [-0.05, 0) is 19.8 Å². The molecule has 0 spiro atoms. The molecule has 0 unspecified atom stereocenters. The Bertz CT molecular complexity index is 379. The van der Waals surface area contributed by atoms with E-state index in [9.17, 15) is 0 Å². The molecule has 4 heteroatoms. The van der Waals surface area contributed by atoms with E-state index >= 15 is 0 Å². The number of rotatable bonds is 12. The maximum atomic E-state index is 4.43. The maximum Gasteiger partial charge on any atom is 0.134 e. The van der Waals surface area contributed by atoms with Crippen molar-refractivity contribution in [3.63, 3.8) is 0 Å². The van der Waals surface area contributed by atoms with Gasteiger partial charge in [0.1, 0.15) is 18.0 Å². The lowest BCUT2D eigenvalue weighted by Crippen LogP contribution is -2.11. The van der Waals surface area contributed by atoms with Gasteiger partial charge in [-0.2, -0.15) is 0 Å². The quantitative estimate of drug-likeness (QED) is 0.551. The predicted molar refractivity (Wildman–Crippen MR) is 92.1 cm³/mol. The first kappa shape index (κ1) is 17.7. The fourth-order valence-corrected chi connectivity index (χ4v) is 2.48. The van der Waals surface area contributed by atoms with Crippen LogP contribution in [0, 0.1) is 0 Å². The van der Waals surface area contributed by atoms with E-state index in [2.05, 4.69) is 41.4 Å². The van der Waals surface area contributed by atoms with Crippen molar-refractivity contribution in [1.82, 2.24) is 9.97 Å². The molecule has 0 fully saturated rings. The van der Waals surface area contributed by atoms with Crippen molar-refractivity contribution < 1.29 is 0 Å². The van der Waals surface area contributed by atoms with Crippen molar-refractivity contribution in [2.45, 2.75) is 72.1 Å². The normalized spacial score (nSPS) is 10.6. The van der Waals surface area contributed by atoms with Crippen molar-refractivity contribution in [2.24, 2.45) is 0 Å². The van der Waals surface area contributed by atoms with Gasteiger partial charge in [-0.1, -0.05) is 52.4 Å². The van der Waals surface area contributed by atoms with Gasteiger partial charge in [-0.25, -0.2) is 9.97 Å². The smallest absolute Gasteiger partial charge is 0.134 e. The molecule has 0 aliphatic rings. The van der Waals surface area contributed by atoms with E-state index in [1.165, 1.54) is 44.1 Å². The topological polar surface area (TPSA) is 49.8 Å². The van der Waals surface area contributed by atoms with Crippen LogP contribution in [0.5, 0.6) is 0 Å². The van der Waals surface area contributed by atoms with Crippen LogP contribution in [0.4, 0.5) is 11.6 Å². The second-order valence-corrected chi connectivity index (χ2v) is 5.52. The van der Waals surface area contributed by atoms with Gasteiger partial charge in [-0.3, -0.25) is 0 Å². The van der Waals surface area contributed by atoms with Crippen LogP contribution >= 0.6 is 0 Å². The van der Waals surface area contributed by atoms with Crippen molar-refractivity contribution >= 4 is 11.6 Å². The first-order valence-electron chi connectivity index (χ1n) is 8.65. The largest absolute Gasteiger partial charge is 0.370 e.